The van der Waals surface area contributed by atoms with Crippen LogP contribution in [-0.4, -0.2) is 9.55 Å². The molecule has 1 aromatic carbocycles. The van der Waals surface area contributed by atoms with Crippen molar-refractivity contribution in [3.05, 3.63) is 54.1 Å². The third-order valence-electron chi connectivity index (χ3n) is 3.01. The molecule has 2 rings (SSSR count). The van der Waals surface area contributed by atoms with E-state index >= 15 is 0 Å². The summed E-state index contributed by atoms with van der Waals surface area (Å²) in [6, 6.07) is 11.2. The number of imidazole rings is 1. The fourth-order valence-electron chi connectivity index (χ4n) is 2.10. The molecule has 2 heteroatoms. The van der Waals surface area contributed by atoms with Crippen LogP contribution < -0.4 is 0 Å². The van der Waals surface area contributed by atoms with Gasteiger partial charge in [0.2, 0.25) is 0 Å². The van der Waals surface area contributed by atoms with Crippen molar-refractivity contribution in [3.8, 4) is 0 Å². The van der Waals surface area contributed by atoms with Crippen LogP contribution in [0.3, 0.4) is 0 Å². The van der Waals surface area contributed by atoms with E-state index in [2.05, 4.69) is 59.9 Å². The predicted molar refractivity (Wildman–Crippen MR) is 71.1 cm³/mol. The molecular weight excluding hydrogens is 208 g/mol. The minimum atomic E-state index is 0.504. The highest BCUT2D eigenvalue weighted by Crippen LogP contribution is 2.11. The monoisotopic (exact) mass is 228 g/mol. The van der Waals surface area contributed by atoms with Gasteiger partial charge in [-0.05, 0) is 32.3 Å². The van der Waals surface area contributed by atoms with Gasteiger partial charge in [0.05, 0.1) is 0 Å². The maximum absolute atomic E-state index is 4.43. The zero-order chi connectivity index (χ0) is 12.1. The fourth-order valence-corrected chi connectivity index (χ4v) is 2.10. The van der Waals surface area contributed by atoms with Crippen LogP contribution in [0.25, 0.3) is 0 Å². The summed E-state index contributed by atoms with van der Waals surface area (Å²) in [5.74, 6) is 1.20. The first kappa shape index (κ1) is 11.9. The third kappa shape index (κ3) is 3.19. The van der Waals surface area contributed by atoms with Crippen LogP contribution in [0, 0.1) is 0 Å². The number of aromatic nitrogens is 2. The molecule has 0 N–H and O–H groups in total. The van der Waals surface area contributed by atoms with Crippen LogP contribution in [-0.2, 0) is 12.8 Å². The first-order chi connectivity index (χ1) is 8.27. The van der Waals surface area contributed by atoms with Crippen LogP contribution in [0.15, 0.2) is 42.7 Å². The molecule has 0 atom stereocenters. The molecule has 0 saturated heterocycles. The Morgan fingerprint density at radius 2 is 1.88 bits per heavy atom. The molecule has 0 amide bonds. The van der Waals surface area contributed by atoms with E-state index in [9.17, 15) is 0 Å². The Labute approximate surface area is 103 Å². The van der Waals surface area contributed by atoms with E-state index in [0.717, 1.165) is 19.3 Å². The van der Waals surface area contributed by atoms with Crippen molar-refractivity contribution in [2.45, 2.75) is 39.2 Å². The molecule has 0 fully saturated rings. The molecule has 2 nitrogen and oxygen atoms in total. The van der Waals surface area contributed by atoms with Crippen molar-refractivity contribution in [3.63, 3.8) is 0 Å². The van der Waals surface area contributed by atoms with E-state index in [4.69, 9.17) is 0 Å². The normalized spacial score (nSPS) is 11.0. The second kappa shape index (κ2) is 5.67. The lowest BCUT2D eigenvalue weighted by Crippen LogP contribution is -2.05. The first-order valence-electron chi connectivity index (χ1n) is 6.33. The highest BCUT2D eigenvalue weighted by atomic mass is 15.1. The van der Waals surface area contributed by atoms with Crippen LogP contribution in [0.4, 0.5) is 0 Å². The molecular formula is C15H20N2. The molecule has 17 heavy (non-hydrogen) atoms. The second-order valence-electron chi connectivity index (χ2n) is 4.68. The summed E-state index contributed by atoms with van der Waals surface area (Å²) in [5, 5.41) is 0. The van der Waals surface area contributed by atoms with Crippen LogP contribution in [0.1, 0.15) is 37.7 Å². The SMILES string of the molecule is CC(C)n1ccnc1CCCc1ccccc1. The minimum Gasteiger partial charge on any atom is -0.332 e. The second-order valence-corrected chi connectivity index (χ2v) is 4.68. The number of hydrogen-bond acceptors (Lipinski definition) is 1. The molecule has 0 bridgehead atoms. The smallest absolute Gasteiger partial charge is 0.108 e. The van der Waals surface area contributed by atoms with Gasteiger partial charge in [-0.25, -0.2) is 4.98 Å². The number of aryl methyl sites for hydroxylation is 2. The Balaban J connectivity index is 1.88. The molecule has 0 spiro atoms. The molecule has 2 aromatic rings. The minimum absolute atomic E-state index is 0.504. The summed E-state index contributed by atoms with van der Waals surface area (Å²) >= 11 is 0. The van der Waals surface area contributed by atoms with E-state index in [1.807, 2.05) is 6.20 Å². The predicted octanol–water partition coefficient (Wildman–Crippen LogP) is 3.64. The van der Waals surface area contributed by atoms with Gasteiger partial charge in [-0.15, -0.1) is 0 Å². The molecule has 90 valence electrons. The summed E-state index contributed by atoms with van der Waals surface area (Å²) in [7, 11) is 0. The molecule has 0 unspecified atom stereocenters. The van der Waals surface area contributed by atoms with Crippen molar-refractivity contribution in [1.82, 2.24) is 9.55 Å². The Morgan fingerprint density at radius 1 is 1.12 bits per heavy atom. The maximum atomic E-state index is 4.43. The van der Waals surface area contributed by atoms with E-state index in [-0.39, 0.29) is 0 Å². The molecule has 0 aliphatic heterocycles. The van der Waals surface area contributed by atoms with Crippen molar-refractivity contribution < 1.29 is 0 Å². The summed E-state index contributed by atoms with van der Waals surface area (Å²) in [6.45, 7) is 4.39. The van der Waals surface area contributed by atoms with E-state index < -0.39 is 0 Å². The van der Waals surface area contributed by atoms with Crippen molar-refractivity contribution in [1.29, 1.82) is 0 Å². The van der Waals surface area contributed by atoms with Gasteiger partial charge in [0.1, 0.15) is 5.82 Å². The van der Waals surface area contributed by atoms with E-state index in [1.165, 1.54) is 11.4 Å². The lowest BCUT2D eigenvalue weighted by atomic mass is 10.1. The third-order valence-corrected chi connectivity index (χ3v) is 3.01. The summed E-state index contributed by atoms with van der Waals surface area (Å²) in [6.07, 6.45) is 7.32. The lowest BCUT2D eigenvalue weighted by Gasteiger charge is -2.11. The molecule has 0 aliphatic rings. The molecule has 0 radical (unpaired) electrons. The first-order valence-corrected chi connectivity index (χ1v) is 6.33. The number of benzene rings is 1. The van der Waals surface area contributed by atoms with Crippen molar-refractivity contribution in [2.75, 3.05) is 0 Å². The molecule has 0 saturated carbocycles. The number of hydrogen-bond donors (Lipinski definition) is 0. The zero-order valence-corrected chi connectivity index (χ0v) is 10.6. The average molecular weight is 228 g/mol. The standard InChI is InChI=1S/C15H20N2/c1-13(2)17-12-11-16-15(17)10-6-9-14-7-4-3-5-8-14/h3-5,7-8,11-13H,6,9-10H2,1-2H3. The van der Waals surface area contributed by atoms with Gasteiger partial charge in [-0.3, -0.25) is 0 Å². The van der Waals surface area contributed by atoms with Gasteiger partial charge in [-0.1, -0.05) is 30.3 Å². The van der Waals surface area contributed by atoms with Gasteiger partial charge in [0.15, 0.2) is 0 Å². The van der Waals surface area contributed by atoms with Gasteiger partial charge in [0.25, 0.3) is 0 Å². The Bertz CT molecular complexity index is 443. The Hall–Kier alpha value is -1.57. The molecule has 1 aromatic heterocycles. The fraction of sp³-hybridized carbons (Fsp3) is 0.400. The van der Waals surface area contributed by atoms with Crippen molar-refractivity contribution >= 4 is 0 Å². The summed E-state index contributed by atoms with van der Waals surface area (Å²) in [5.41, 5.74) is 1.41. The highest BCUT2D eigenvalue weighted by Gasteiger charge is 2.05. The lowest BCUT2D eigenvalue weighted by molar-refractivity contribution is 0.560. The number of rotatable bonds is 5. The molecule has 0 aliphatic carbocycles. The average Bonchev–Trinajstić information content (AvgIpc) is 2.79. The Morgan fingerprint density at radius 3 is 2.59 bits per heavy atom. The summed E-state index contributed by atoms with van der Waals surface area (Å²) in [4.78, 5) is 4.43. The van der Waals surface area contributed by atoms with Gasteiger partial charge < -0.3 is 4.57 Å². The van der Waals surface area contributed by atoms with E-state index in [0.29, 0.717) is 6.04 Å². The van der Waals surface area contributed by atoms with Gasteiger partial charge in [-0.2, -0.15) is 0 Å². The van der Waals surface area contributed by atoms with Crippen LogP contribution in [0.2, 0.25) is 0 Å². The zero-order valence-electron chi connectivity index (χ0n) is 10.6. The van der Waals surface area contributed by atoms with Gasteiger partial charge in [0, 0.05) is 24.9 Å². The largest absolute Gasteiger partial charge is 0.332 e. The topological polar surface area (TPSA) is 17.8 Å². The van der Waals surface area contributed by atoms with Crippen LogP contribution in [0.5, 0.6) is 0 Å². The molecule has 1 heterocycles. The number of nitrogens with zero attached hydrogens (tertiary/aromatic N) is 2. The van der Waals surface area contributed by atoms with Gasteiger partial charge >= 0.3 is 0 Å². The van der Waals surface area contributed by atoms with Crippen molar-refractivity contribution in [2.24, 2.45) is 0 Å². The quantitative estimate of drug-likeness (QED) is 0.764. The van der Waals surface area contributed by atoms with E-state index in [1.54, 1.807) is 0 Å². The highest BCUT2D eigenvalue weighted by molar-refractivity contribution is 5.14. The Kier molecular flexibility index (Phi) is 3.97. The van der Waals surface area contributed by atoms with Crippen LogP contribution >= 0.6 is 0 Å². The maximum Gasteiger partial charge on any atom is 0.108 e. The summed E-state index contributed by atoms with van der Waals surface area (Å²) < 4.78 is 2.25.